The summed E-state index contributed by atoms with van der Waals surface area (Å²) in [5.74, 6) is 0.901. The number of aromatic nitrogens is 1. The topological polar surface area (TPSA) is 66.6 Å². The fourth-order valence-electron chi connectivity index (χ4n) is 3.92. The second-order valence-corrected chi connectivity index (χ2v) is 7.20. The van der Waals surface area contributed by atoms with E-state index in [0.717, 1.165) is 67.9 Å². The van der Waals surface area contributed by atoms with Crippen molar-refractivity contribution in [2.75, 3.05) is 39.5 Å². The van der Waals surface area contributed by atoms with Crippen molar-refractivity contribution >= 4 is 16.8 Å². The summed E-state index contributed by atoms with van der Waals surface area (Å²) in [5, 5.41) is 4.17. The van der Waals surface area contributed by atoms with Crippen LogP contribution in [0.15, 0.2) is 24.4 Å². The number of ether oxygens (including phenoxy) is 2. The molecule has 1 aliphatic heterocycles. The third-order valence-electron chi connectivity index (χ3n) is 5.52. The fraction of sp³-hybridized carbons (Fsp3) is 0.550. The maximum absolute atomic E-state index is 12.6. The third kappa shape index (κ3) is 3.44. The molecule has 1 aromatic heterocycles. The third-order valence-corrected chi connectivity index (χ3v) is 5.52. The van der Waals surface area contributed by atoms with Crippen molar-refractivity contribution in [3.63, 3.8) is 0 Å². The van der Waals surface area contributed by atoms with Crippen LogP contribution in [0.1, 0.15) is 25.3 Å². The van der Waals surface area contributed by atoms with Crippen molar-refractivity contribution < 1.29 is 14.3 Å². The summed E-state index contributed by atoms with van der Waals surface area (Å²) in [6, 6.07) is 5.93. The van der Waals surface area contributed by atoms with Gasteiger partial charge in [-0.3, -0.25) is 9.69 Å². The van der Waals surface area contributed by atoms with E-state index in [2.05, 4.69) is 15.2 Å². The van der Waals surface area contributed by atoms with Gasteiger partial charge in [0.2, 0.25) is 5.91 Å². The van der Waals surface area contributed by atoms with Gasteiger partial charge in [-0.15, -0.1) is 0 Å². The van der Waals surface area contributed by atoms with Crippen molar-refractivity contribution in [3.8, 4) is 5.75 Å². The Hall–Kier alpha value is -2.05. The molecular weight excluding hydrogens is 330 g/mol. The number of benzene rings is 1. The van der Waals surface area contributed by atoms with Crippen LogP contribution < -0.4 is 10.1 Å². The van der Waals surface area contributed by atoms with Gasteiger partial charge in [0.15, 0.2) is 0 Å². The molecule has 2 N–H and O–H groups in total. The minimum absolute atomic E-state index is 0.0664. The number of nitrogens with one attached hydrogen (secondary N) is 2. The van der Waals surface area contributed by atoms with Crippen LogP contribution in [0.2, 0.25) is 0 Å². The molecule has 140 valence electrons. The number of nitrogens with zero attached hydrogens (tertiary/aromatic N) is 1. The summed E-state index contributed by atoms with van der Waals surface area (Å²) in [5.41, 5.74) is 2.15. The first-order valence-corrected chi connectivity index (χ1v) is 9.53. The number of fused-ring (bicyclic) bond motifs is 1. The van der Waals surface area contributed by atoms with E-state index in [0.29, 0.717) is 13.0 Å². The van der Waals surface area contributed by atoms with Gasteiger partial charge in [0, 0.05) is 42.3 Å². The summed E-state index contributed by atoms with van der Waals surface area (Å²) in [4.78, 5) is 18.3. The minimum Gasteiger partial charge on any atom is -0.493 e. The lowest BCUT2D eigenvalue weighted by molar-refractivity contribution is -0.120. The van der Waals surface area contributed by atoms with Crippen LogP contribution in [-0.4, -0.2) is 60.8 Å². The van der Waals surface area contributed by atoms with Crippen LogP contribution in [0, 0.1) is 0 Å². The summed E-state index contributed by atoms with van der Waals surface area (Å²) in [6.45, 7) is 6.84. The van der Waals surface area contributed by atoms with Crippen LogP contribution in [0.25, 0.3) is 10.9 Å². The van der Waals surface area contributed by atoms with Gasteiger partial charge in [-0.2, -0.15) is 0 Å². The number of amides is 1. The summed E-state index contributed by atoms with van der Waals surface area (Å²) in [7, 11) is 0. The average molecular weight is 357 g/mol. The molecule has 0 radical (unpaired) electrons. The zero-order chi connectivity index (χ0) is 18.0. The largest absolute Gasteiger partial charge is 0.493 e. The molecule has 2 fully saturated rings. The van der Waals surface area contributed by atoms with Crippen molar-refractivity contribution in [1.82, 2.24) is 15.2 Å². The molecule has 1 aromatic carbocycles. The first-order chi connectivity index (χ1) is 12.7. The second-order valence-electron chi connectivity index (χ2n) is 7.20. The Bertz CT molecular complexity index is 776. The van der Waals surface area contributed by atoms with Crippen LogP contribution in [-0.2, 0) is 16.0 Å². The Balaban J connectivity index is 1.40. The molecule has 0 unspecified atom stereocenters. The quantitative estimate of drug-likeness (QED) is 0.796. The standard InChI is InChI=1S/C20H27N3O3/c1-2-26-17-5-3-4-16-19(17)15(13-21-16)12-18(24)22-14-20(6-7-20)23-8-10-25-11-9-23/h3-5,13,21H,2,6-12,14H2,1H3,(H,22,24). The zero-order valence-electron chi connectivity index (χ0n) is 15.3. The van der Waals surface area contributed by atoms with E-state index in [9.17, 15) is 4.79 Å². The summed E-state index contributed by atoms with van der Waals surface area (Å²) in [6.07, 6.45) is 4.61. The highest BCUT2D eigenvalue weighted by Crippen LogP contribution is 2.41. The summed E-state index contributed by atoms with van der Waals surface area (Å²) >= 11 is 0. The van der Waals surface area contributed by atoms with Crippen molar-refractivity contribution in [2.45, 2.75) is 31.7 Å². The Labute approximate surface area is 153 Å². The van der Waals surface area contributed by atoms with Gasteiger partial charge in [-0.25, -0.2) is 0 Å². The van der Waals surface area contributed by atoms with Crippen LogP contribution >= 0.6 is 0 Å². The van der Waals surface area contributed by atoms with E-state index in [1.165, 1.54) is 0 Å². The molecule has 2 aliphatic rings. The summed E-state index contributed by atoms with van der Waals surface area (Å²) < 4.78 is 11.2. The number of rotatable bonds is 7. The molecular formula is C20H27N3O3. The number of aromatic amines is 1. The van der Waals surface area contributed by atoms with Gasteiger partial charge in [0.25, 0.3) is 0 Å². The van der Waals surface area contributed by atoms with Crippen LogP contribution in [0.4, 0.5) is 0 Å². The molecule has 0 atom stereocenters. The van der Waals surface area contributed by atoms with Crippen molar-refractivity contribution in [1.29, 1.82) is 0 Å². The Kier molecular flexibility index (Phi) is 4.87. The lowest BCUT2D eigenvalue weighted by Crippen LogP contribution is -2.50. The first kappa shape index (κ1) is 17.4. The minimum atomic E-state index is 0.0664. The van der Waals surface area contributed by atoms with Crippen molar-refractivity contribution in [3.05, 3.63) is 30.0 Å². The Morgan fingerprint density at radius 2 is 2.15 bits per heavy atom. The highest BCUT2D eigenvalue weighted by atomic mass is 16.5. The Morgan fingerprint density at radius 1 is 1.35 bits per heavy atom. The molecule has 1 amide bonds. The fourth-order valence-corrected chi connectivity index (χ4v) is 3.92. The lowest BCUT2D eigenvalue weighted by atomic mass is 10.1. The van der Waals surface area contributed by atoms with Gasteiger partial charge in [-0.05, 0) is 37.5 Å². The molecule has 1 saturated carbocycles. The highest BCUT2D eigenvalue weighted by molar-refractivity contribution is 5.93. The highest BCUT2D eigenvalue weighted by Gasteiger charge is 2.48. The molecule has 2 heterocycles. The molecule has 2 aromatic rings. The SMILES string of the molecule is CCOc1cccc2[nH]cc(CC(=O)NCC3(N4CCOCC4)CC3)c12. The smallest absolute Gasteiger partial charge is 0.224 e. The molecule has 6 nitrogen and oxygen atoms in total. The van der Waals surface area contributed by atoms with E-state index in [1.54, 1.807) is 0 Å². The lowest BCUT2D eigenvalue weighted by Gasteiger charge is -2.35. The van der Waals surface area contributed by atoms with Gasteiger partial charge >= 0.3 is 0 Å². The number of hydrogen-bond acceptors (Lipinski definition) is 4. The molecule has 1 aliphatic carbocycles. The maximum Gasteiger partial charge on any atom is 0.224 e. The number of morpholine rings is 1. The predicted molar refractivity (Wildman–Crippen MR) is 101 cm³/mol. The van der Waals surface area contributed by atoms with E-state index < -0.39 is 0 Å². The predicted octanol–water partition coefficient (Wildman–Crippen LogP) is 2.09. The molecule has 26 heavy (non-hydrogen) atoms. The van der Waals surface area contributed by atoms with Crippen LogP contribution in [0.3, 0.4) is 0 Å². The normalized spacial score (nSPS) is 19.4. The number of hydrogen-bond donors (Lipinski definition) is 2. The van der Waals surface area contributed by atoms with Gasteiger partial charge in [0.1, 0.15) is 5.75 Å². The number of carbonyl (C=O) groups is 1. The monoisotopic (exact) mass is 357 g/mol. The molecule has 0 bridgehead atoms. The van der Waals surface area contributed by atoms with Crippen molar-refractivity contribution in [2.24, 2.45) is 0 Å². The molecule has 0 spiro atoms. The van der Waals surface area contributed by atoms with E-state index >= 15 is 0 Å². The van der Waals surface area contributed by atoms with E-state index in [1.807, 2.05) is 31.3 Å². The molecule has 6 heteroatoms. The second kappa shape index (κ2) is 7.29. The van der Waals surface area contributed by atoms with Gasteiger partial charge in [-0.1, -0.05) is 6.07 Å². The van der Waals surface area contributed by atoms with E-state index in [-0.39, 0.29) is 11.4 Å². The average Bonchev–Trinajstić information content (AvgIpc) is 3.36. The maximum atomic E-state index is 12.6. The Morgan fingerprint density at radius 3 is 2.88 bits per heavy atom. The number of carbonyl (C=O) groups excluding carboxylic acids is 1. The van der Waals surface area contributed by atoms with Crippen LogP contribution in [0.5, 0.6) is 5.75 Å². The molecule has 1 saturated heterocycles. The van der Waals surface area contributed by atoms with Gasteiger partial charge in [0.05, 0.1) is 26.2 Å². The zero-order valence-corrected chi connectivity index (χ0v) is 15.3. The van der Waals surface area contributed by atoms with E-state index in [4.69, 9.17) is 9.47 Å². The van der Waals surface area contributed by atoms with Gasteiger partial charge < -0.3 is 19.8 Å². The molecule has 4 rings (SSSR count). The number of H-pyrrole nitrogens is 1. The first-order valence-electron chi connectivity index (χ1n) is 9.53.